The Morgan fingerprint density at radius 2 is 2.07 bits per heavy atom. The molecule has 0 bridgehead atoms. The Morgan fingerprint density at radius 1 is 1.32 bits per heavy atom. The van der Waals surface area contributed by atoms with E-state index >= 15 is 0 Å². The molecule has 0 spiro atoms. The standard InChI is InChI=1S/C20H18FN5OS/c1-13(2)10-18-24-25-20(28-18)23-19(27)14(12-22)11-17-4-3-9-26(17)16-7-5-15(21)6-8-16/h3-9,11,13H,10H2,1-2H3,(H,23,25,27). The topological polar surface area (TPSA) is 83.6 Å². The molecule has 0 saturated heterocycles. The van der Waals surface area contributed by atoms with Crippen molar-refractivity contribution in [2.45, 2.75) is 20.3 Å². The summed E-state index contributed by atoms with van der Waals surface area (Å²) in [5.74, 6) is -0.453. The molecule has 0 atom stereocenters. The van der Waals surface area contributed by atoms with Gasteiger partial charge in [0.25, 0.3) is 5.91 Å². The fourth-order valence-corrected chi connectivity index (χ4v) is 3.49. The van der Waals surface area contributed by atoms with Gasteiger partial charge in [-0.05, 0) is 48.4 Å². The average molecular weight is 395 g/mol. The Morgan fingerprint density at radius 3 is 2.75 bits per heavy atom. The Bertz CT molecular complexity index is 1040. The molecule has 0 aliphatic heterocycles. The van der Waals surface area contributed by atoms with Crippen LogP contribution < -0.4 is 5.32 Å². The van der Waals surface area contributed by atoms with E-state index in [0.717, 1.165) is 17.1 Å². The third-order valence-electron chi connectivity index (χ3n) is 3.81. The van der Waals surface area contributed by atoms with Gasteiger partial charge in [-0.15, -0.1) is 10.2 Å². The number of hydrogen-bond donors (Lipinski definition) is 1. The van der Waals surface area contributed by atoms with Gasteiger partial charge in [-0.25, -0.2) is 4.39 Å². The maximum absolute atomic E-state index is 13.2. The van der Waals surface area contributed by atoms with Crippen LogP contribution in [0.4, 0.5) is 9.52 Å². The molecule has 0 saturated carbocycles. The van der Waals surface area contributed by atoms with Crippen molar-refractivity contribution in [3.05, 3.63) is 64.7 Å². The quantitative estimate of drug-likeness (QED) is 0.500. The molecular formula is C20H18FN5OS. The maximum Gasteiger partial charge on any atom is 0.268 e. The SMILES string of the molecule is CC(C)Cc1nnc(NC(=O)C(C#N)=Cc2cccn2-c2ccc(F)cc2)s1. The number of nitrogens with one attached hydrogen (secondary N) is 1. The van der Waals surface area contributed by atoms with Crippen molar-refractivity contribution < 1.29 is 9.18 Å². The van der Waals surface area contributed by atoms with Crippen LogP contribution in [0.15, 0.2) is 48.2 Å². The second kappa shape index (κ2) is 8.59. The van der Waals surface area contributed by atoms with Gasteiger partial charge in [-0.1, -0.05) is 25.2 Å². The normalized spacial score (nSPS) is 11.5. The van der Waals surface area contributed by atoms with Gasteiger partial charge < -0.3 is 4.57 Å². The Labute approximate surface area is 166 Å². The predicted molar refractivity (Wildman–Crippen MR) is 106 cm³/mol. The van der Waals surface area contributed by atoms with Crippen molar-refractivity contribution in [3.8, 4) is 11.8 Å². The molecule has 6 nitrogen and oxygen atoms in total. The molecule has 0 unspecified atom stereocenters. The van der Waals surface area contributed by atoms with E-state index in [4.69, 9.17) is 0 Å². The molecular weight excluding hydrogens is 377 g/mol. The first-order valence-corrected chi connectivity index (χ1v) is 9.46. The van der Waals surface area contributed by atoms with Crippen LogP contribution in [-0.2, 0) is 11.2 Å². The van der Waals surface area contributed by atoms with Crippen LogP contribution in [0.25, 0.3) is 11.8 Å². The van der Waals surface area contributed by atoms with Crippen LogP contribution in [0.5, 0.6) is 0 Å². The fourth-order valence-electron chi connectivity index (χ4n) is 2.55. The summed E-state index contributed by atoms with van der Waals surface area (Å²) in [4.78, 5) is 12.5. The summed E-state index contributed by atoms with van der Waals surface area (Å²) in [6.45, 7) is 4.15. The first-order valence-electron chi connectivity index (χ1n) is 8.65. The number of hydrogen-bond acceptors (Lipinski definition) is 5. The highest BCUT2D eigenvalue weighted by Gasteiger charge is 2.14. The van der Waals surface area contributed by atoms with E-state index in [-0.39, 0.29) is 11.4 Å². The first-order chi connectivity index (χ1) is 13.5. The maximum atomic E-state index is 13.2. The Kier molecular flexibility index (Phi) is 5.96. The zero-order valence-electron chi connectivity index (χ0n) is 15.4. The third kappa shape index (κ3) is 4.69. The van der Waals surface area contributed by atoms with E-state index in [0.29, 0.717) is 16.7 Å². The Balaban J connectivity index is 1.80. The third-order valence-corrected chi connectivity index (χ3v) is 4.67. The number of benzene rings is 1. The van der Waals surface area contributed by atoms with Crippen LogP contribution in [0.2, 0.25) is 0 Å². The lowest BCUT2D eigenvalue weighted by Gasteiger charge is -2.07. The van der Waals surface area contributed by atoms with Crippen LogP contribution in [0.1, 0.15) is 24.5 Å². The number of halogens is 1. The molecule has 142 valence electrons. The van der Waals surface area contributed by atoms with Gasteiger partial charge in [-0.2, -0.15) is 5.26 Å². The molecule has 8 heteroatoms. The van der Waals surface area contributed by atoms with Gasteiger partial charge in [-0.3, -0.25) is 10.1 Å². The molecule has 0 aliphatic carbocycles. The van der Waals surface area contributed by atoms with Gasteiger partial charge in [0, 0.05) is 24.0 Å². The highest BCUT2D eigenvalue weighted by atomic mass is 32.1. The van der Waals surface area contributed by atoms with E-state index in [1.54, 1.807) is 35.0 Å². The lowest BCUT2D eigenvalue weighted by Crippen LogP contribution is -2.13. The second-order valence-corrected chi connectivity index (χ2v) is 7.56. The number of carbonyl (C=O) groups is 1. The molecule has 1 aromatic carbocycles. The summed E-state index contributed by atoms with van der Waals surface area (Å²) < 4.78 is 14.9. The molecule has 0 fully saturated rings. The number of aromatic nitrogens is 3. The van der Waals surface area contributed by atoms with E-state index in [9.17, 15) is 14.4 Å². The van der Waals surface area contributed by atoms with Crippen molar-refractivity contribution >= 4 is 28.5 Å². The van der Waals surface area contributed by atoms with Gasteiger partial charge >= 0.3 is 0 Å². The van der Waals surface area contributed by atoms with Gasteiger partial charge in [0.1, 0.15) is 22.5 Å². The summed E-state index contributed by atoms with van der Waals surface area (Å²) in [5.41, 5.74) is 1.27. The number of rotatable bonds is 6. The lowest BCUT2D eigenvalue weighted by molar-refractivity contribution is -0.112. The summed E-state index contributed by atoms with van der Waals surface area (Å²) >= 11 is 1.30. The molecule has 0 radical (unpaired) electrons. The zero-order valence-corrected chi connectivity index (χ0v) is 16.2. The number of anilines is 1. The van der Waals surface area contributed by atoms with Crippen LogP contribution in [0, 0.1) is 23.1 Å². The minimum Gasteiger partial charge on any atom is -0.317 e. The van der Waals surface area contributed by atoms with Gasteiger partial charge in [0.2, 0.25) is 5.13 Å². The monoisotopic (exact) mass is 395 g/mol. The van der Waals surface area contributed by atoms with Gasteiger partial charge in [0.05, 0.1) is 0 Å². The minimum atomic E-state index is -0.554. The molecule has 2 aromatic heterocycles. The largest absolute Gasteiger partial charge is 0.317 e. The molecule has 1 amide bonds. The van der Waals surface area contributed by atoms with Crippen LogP contribution in [-0.4, -0.2) is 20.7 Å². The molecule has 3 rings (SSSR count). The first kappa shape index (κ1) is 19.5. The van der Waals surface area contributed by atoms with Crippen molar-refractivity contribution in [3.63, 3.8) is 0 Å². The summed E-state index contributed by atoms with van der Waals surface area (Å²) in [5, 5.41) is 21.2. The highest BCUT2D eigenvalue weighted by molar-refractivity contribution is 7.15. The van der Waals surface area contributed by atoms with E-state index < -0.39 is 5.91 Å². The van der Waals surface area contributed by atoms with Crippen molar-refractivity contribution in [2.24, 2.45) is 5.92 Å². The van der Waals surface area contributed by atoms with Crippen LogP contribution in [0.3, 0.4) is 0 Å². The van der Waals surface area contributed by atoms with Crippen LogP contribution >= 0.6 is 11.3 Å². The fraction of sp³-hybridized carbons (Fsp3) is 0.200. The van der Waals surface area contributed by atoms with E-state index in [1.807, 2.05) is 6.07 Å². The smallest absolute Gasteiger partial charge is 0.268 e. The molecule has 1 N–H and O–H groups in total. The molecule has 3 aromatic rings. The average Bonchev–Trinajstić information content (AvgIpc) is 3.29. The predicted octanol–water partition coefficient (Wildman–Crippen LogP) is 4.21. The summed E-state index contributed by atoms with van der Waals surface area (Å²) in [6, 6.07) is 11.4. The highest BCUT2D eigenvalue weighted by Crippen LogP contribution is 2.20. The molecule has 0 aliphatic rings. The van der Waals surface area contributed by atoms with E-state index in [2.05, 4.69) is 29.4 Å². The minimum absolute atomic E-state index is 0.0670. The Hall–Kier alpha value is -3.31. The summed E-state index contributed by atoms with van der Waals surface area (Å²) in [6.07, 6.45) is 4.03. The van der Waals surface area contributed by atoms with Crippen molar-refractivity contribution in [1.82, 2.24) is 14.8 Å². The molecule has 2 heterocycles. The summed E-state index contributed by atoms with van der Waals surface area (Å²) in [7, 11) is 0. The number of amides is 1. The molecule has 28 heavy (non-hydrogen) atoms. The second-order valence-electron chi connectivity index (χ2n) is 6.50. The number of carbonyl (C=O) groups excluding carboxylic acids is 1. The van der Waals surface area contributed by atoms with Gasteiger partial charge in [0.15, 0.2) is 0 Å². The van der Waals surface area contributed by atoms with Crippen molar-refractivity contribution in [2.75, 3.05) is 5.32 Å². The zero-order chi connectivity index (χ0) is 20.1. The number of nitrogens with zero attached hydrogens (tertiary/aromatic N) is 4. The van der Waals surface area contributed by atoms with Crippen molar-refractivity contribution in [1.29, 1.82) is 5.26 Å². The lowest BCUT2D eigenvalue weighted by atomic mass is 10.1. The number of nitriles is 1. The van der Waals surface area contributed by atoms with E-state index in [1.165, 1.54) is 29.5 Å².